The van der Waals surface area contributed by atoms with Crippen LogP contribution in [0.1, 0.15) is 0 Å². The molecule has 0 spiro atoms. The molecule has 3 aromatic heterocycles. The average Bonchev–Trinajstić information content (AvgIpc) is 3.76. The van der Waals surface area contributed by atoms with Gasteiger partial charge in [-0.3, -0.25) is 0 Å². The van der Waals surface area contributed by atoms with Crippen LogP contribution in [0.2, 0.25) is 0 Å². The predicted molar refractivity (Wildman–Crippen MR) is 271 cm³/mol. The zero-order valence-corrected chi connectivity index (χ0v) is 36.1. The second-order valence-electron chi connectivity index (χ2n) is 16.3. The number of fused-ring (bicyclic) bond motifs is 3. The van der Waals surface area contributed by atoms with E-state index in [1.165, 1.54) is 0 Å². The lowest BCUT2D eigenvalue weighted by molar-refractivity contribution is 1.07. The van der Waals surface area contributed by atoms with Gasteiger partial charge >= 0.3 is 0 Å². The lowest BCUT2D eigenvalue weighted by Crippen LogP contribution is -2.01. The van der Waals surface area contributed by atoms with Crippen LogP contribution in [0.5, 0.6) is 0 Å². The van der Waals surface area contributed by atoms with E-state index in [0.717, 1.165) is 83.1 Å². The summed E-state index contributed by atoms with van der Waals surface area (Å²) in [6, 6.07) is 81.4. The third kappa shape index (κ3) is 7.60. The molecular formula is C60H39N7. The van der Waals surface area contributed by atoms with E-state index >= 15 is 0 Å². The molecule has 0 saturated heterocycles. The Hall–Kier alpha value is -9.20. The Morgan fingerprint density at radius 2 is 0.627 bits per heavy atom. The van der Waals surface area contributed by atoms with Gasteiger partial charge in [-0.05, 0) is 58.7 Å². The summed E-state index contributed by atoms with van der Waals surface area (Å²) in [6.45, 7) is 0. The summed E-state index contributed by atoms with van der Waals surface area (Å²) in [5.74, 6) is 3.70. The topological polar surface area (TPSA) is 82.3 Å². The number of rotatable bonds is 9. The van der Waals surface area contributed by atoms with Gasteiger partial charge in [-0.1, -0.05) is 200 Å². The molecule has 7 heteroatoms. The number of hydrogen-bond donors (Lipinski definition) is 0. The molecule has 67 heavy (non-hydrogen) atoms. The predicted octanol–water partition coefficient (Wildman–Crippen LogP) is 14.5. The Bertz CT molecular complexity index is 3610. The van der Waals surface area contributed by atoms with Gasteiger partial charge in [-0.15, -0.1) is 0 Å². The molecule has 0 bridgehead atoms. The summed E-state index contributed by atoms with van der Waals surface area (Å²) < 4.78 is 2.36. The van der Waals surface area contributed by atoms with Crippen LogP contribution in [0.3, 0.4) is 0 Å². The summed E-state index contributed by atoms with van der Waals surface area (Å²) in [7, 11) is 0. The molecule has 0 saturated carbocycles. The zero-order valence-electron chi connectivity index (χ0n) is 36.1. The van der Waals surface area contributed by atoms with Crippen molar-refractivity contribution in [1.82, 2.24) is 34.5 Å². The third-order valence-corrected chi connectivity index (χ3v) is 12.1. The van der Waals surface area contributed by atoms with Gasteiger partial charge in [-0.25, -0.2) is 29.9 Å². The standard InChI is InChI=1S/C60H39N7/c1-6-19-40(20-7-1)45-35-36-52-51(39-45)54-50(46-29-16-30-47(37-46)59-63-55(41-21-8-2-9-22-41)61-56(64-59)42-23-10-3-11-24-42)33-18-34-53(54)67(52)49-32-17-31-48(38-49)60-65-57(43-25-12-4-13-26-43)62-58(66-60)44-27-14-5-15-28-44/h1-39H. The van der Waals surface area contributed by atoms with Gasteiger partial charge in [-0.2, -0.15) is 0 Å². The summed E-state index contributed by atoms with van der Waals surface area (Å²) >= 11 is 0. The van der Waals surface area contributed by atoms with Crippen molar-refractivity contribution in [3.63, 3.8) is 0 Å². The van der Waals surface area contributed by atoms with Gasteiger partial charge in [0.15, 0.2) is 34.9 Å². The second kappa shape index (κ2) is 17.1. The van der Waals surface area contributed by atoms with Crippen molar-refractivity contribution in [2.45, 2.75) is 0 Å². The molecule has 0 radical (unpaired) electrons. The van der Waals surface area contributed by atoms with E-state index in [0.29, 0.717) is 34.9 Å². The van der Waals surface area contributed by atoms with E-state index in [1.807, 2.05) is 121 Å². The van der Waals surface area contributed by atoms with Crippen LogP contribution in [-0.2, 0) is 0 Å². The van der Waals surface area contributed by atoms with Crippen LogP contribution in [0.25, 0.3) is 118 Å². The van der Waals surface area contributed by atoms with E-state index in [-0.39, 0.29) is 0 Å². The average molecular weight is 858 g/mol. The lowest BCUT2D eigenvalue weighted by atomic mass is 9.96. The van der Waals surface area contributed by atoms with Crippen molar-refractivity contribution in [2.24, 2.45) is 0 Å². The highest BCUT2D eigenvalue weighted by atomic mass is 15.0. The molecule has 0 aliphatic rings. The van der Waals surface area contributed by atoms with Crippen LogP contribution in [0.4, 0.5) is 0 Å². The highest BCUT2D eigenvalue weighted by Crippen LogP contribution is 2.41. The first-order chi connectivity index (χ1) is 33.2. The number of hydrogen-bond acceptors (Lipinski definition) is 6. The molecule has 314 valence electrons. The van der Waals surface area contributed by atoms with Gasteiger partial charge < -0.3 is 4.57 Å². The minimum atomic E-state index is 0.600. The van der Waals surface area contributed by atoms with Crippen molar-refractivity contribution < 1.29 is 0 Å². The Kier molecular flexibility index (Phi) is 10.0. The molecule has 0 atom stereocenters. The fourth-order valence-electron chi connectivity index (χ4n) is 8.88. The zero-order chi connectivity index (χ0) is 44.5. The first-order valence-corrected chi connectivity index (χ1v) is 22.3. The summed E-state index contributed by atoms with van der Waals surface area (Å²) in [4.78, 5) is 30.2. The minimum Gasteiger partial charge on any atom is -0.309 e. The molecule has 0 fully saturated rings. The fraction of sp³-hybridized carbons (Fsp3) is 0. The Morgan fingerprint density at radius 3 is 1.12 bits per heavy atom. The third-order valence-electron chi connectivity index (χ3n) is 12.1. The van der Waals surface area contributed by atoms with Crippen LogP contribution in [0.15, 0.2) is 237 Å². The van der Waals surface area contributed by atoms with Gasteiger partial charge in [0, 0.05) is 49.8 Å². The van der Waals surface area contributed by atoms with Gasteiger partial charge in [0.1, 0.15) is 0 Å². The fourth-order valence-corrected chi connectivity index (χ4v) is 8.88. The maximum absolute atomic E-state index is 5.08. The van der Waals surface area contributed by atoms with Crippen LogP contribution in [0, 0.1) is 0 Å². The molecule has 0 aliphatic carbocycles. The molecule has 0 unspecified atom stereocenters. The molecule has 0 N–H and O–H groups in total. The highest BCUT2D eigenvalue weighted by molar-refractivity contribution is 6.16. The quantitative estimate of drug-likeness (QED) is 0.144. The molecule has 3 heterocycles. The van der Waals surface area contributed by atoms with Gasteiger partial charge in [0.25, 0.3) is 0 Å². The Balaban J connectivity index is 1.04. The van der Waals surface area contributed by atoms with E-state index < -0.39 is 0 Å². The summed E-state index contributed by atoms with van der Waals surface area (Å²) in [5.41, 5.74) is 13.1. The molecule has 12 rings (SSSR count). The van der Waals surface area contributed by atoms with Gasteiger partial charge in [0.05, 0.1) is 11.0 Å². The summed E-state index contributed by atoms with van der Waals surface area (Å²) in [5, 5.41) is 2.28. The van der Waals surface area contributed by atoms with Crippen molar-refractivity contribution in [3.05, 3.63) is 237 Å². The van der Waals surface area contributed by atoms with Crippen LogP contribution >= 0.6 is 0 Å². The lowest BCUT2D eigenvalue weighted by Gasteiger charge is -2.12. The second-order valence-corrected chi connectivity index (χ2v) is 16.3. The number of benzene rings is 9. The van der Waals surface area contributed by atoms with Crippen molar-refractivity contribution in [2.75, 3.05) is 0 Å². The largest absolute Gasteiger partial charge is 0.309 e. The van der Waals surface area contributed by atoms with Crippen molar-refractivity contribution in [3.8, 4) is 96.3 Å². The van der Waals surface area contributed by atoms with E-state index in [9.17, 15) is 0 Å². The molecule has 7 nitrogen and oxygen atoms in total. The highest BCUT2D eigenvalue weighted by Gasteiger charge is 2.20. The first-order valence-electron chi connectivity index (χ1n) is 22.3. The monoisotopic (exact) mass is 857 g/mol. The SMILES string of the molecule is c1ccc(-c2ccc3c(c2)c2c(-c4cccc(-c5nc(-c6ccccc6)nc(-c6ccccc6)n5)c4)cccc2n3-c2cccc(-c3nc(-c4ccccc4)nc(-c4ccccc4)n3)c2)cc1. The Morgan fingerprint density at radius 1 is 0.239 bits per heavy atom. The molecular weight excluding hydrogens is 819 g/mol. The first kappa shape index (κ1) is 39.4. The normalized spacial score (nSPS) is 11.3. The number of nitrogens with zero attached hydrogens (tertiary/aromatic N) is 7. The minimum absolute atomic E-state index is 0.600. The van der Waals surface area contributed by atoms with E-state index in [2.05, 4.69) is 120 Å². The van der Waals surface area contributed by atoms with Crippen molar-refractivity contribution in [1.29, 1.82) is 0 Å². The molecule has 12 aromatic rings. The van der Waals surface area contributed by atoms with E-state index in [1.54, 1.807) is 0 Å². The molecule has 0 amide bonds. The molecule has 0 aliphatic heterocycles. The maximum atomic E-state index is 5.08. The van der Waals surface area contributed by atoms with Crippen molar-refractivity contribution >= 4 is 21.8 Å². The van der Waals surface area contributed by atoms with Crippen LogP contribution in [-0.4, -0.2) is 34.5 Å². The van der Waals surface area contributed by atoms with Gasteiger partial charge in [0.2, 0.25) is 0 Å². The number of aromatic nitrogens is 7. The van der Waals surface area contributed by atoms with E-state index in [4.69, 9.17) is 29.9 Å². The van der Waals surface area contributed by atoms with Crippen LogP contribution < -0.4 is 0 Å². The maximum Gasteiger partial charge on any atom is 0.164 e. The Labute approximate surface area is 387 Å². The molecule has 9 aromatic carbocycles. The smallest absolute Gasteiger partial charge is 0.164 e. The summed E-state index contributed by atoms with van der Waals surface area (Å²) in [6.07, 6.45) is 0.